The Hall–Kier alpha value is -1.47. The van der Waals surface area contributed by atoms with Crippen LogP contribution in [0.2, 0.25) is 0 Å². The number of aliphatic hydroxyl groups is 1. The first-order valence-electron chi connectivity index (χ1n) is 9.60. The van der Waals surface area contributed by atoms with Crippen molar-refractivity contribution in [3.05, 3.63) is 35.1 Å². The van der Waals surface area contributed by atoms with Crippen molar-refractivity contribution in [2.75, 3.05) is 0 Å². The molecule has 0 aromatic rings. The van der Waals surface area contributed by atoms with Crippen LogP contribution < -0.4 is 0 Å². The lowest BCUT2D eigenvalue weighted by Gasteiger charge is -2.40. The fraction of sp³-hybridized carbons (Fsp3) is 0.667. The molecule has 2 heterocycles. The van der Waals surface area contributed by atoms with E-state index in [4.69, 9.17) is 14.7 Å². The van der Waals surface area contributed by atoms with Crippen molar-refractivity contribution in [1.29, 1.82) is 0 Å². The first-order valence-corrected chi connectivity index (χ1v) is 9.60. The van der Waals surface area contributed by atoms with E-state index < -0.39 is 17.3 Å². The van der Waals surface area contributed by atoms with Crippen LogP contribution in [0.15, 0.2) is 35.1 Å². The molecule has 2 N–H and O–H groups in total. The van der Waals surface area contributed by atoms with Crippen LogP contribution in [0, 0.1) is 0 Å². The molecule has 4 atom stereocenters. The molecule has 6 heteroatoms. The van der Waals surface area contributed by atoms with Crippen LogP contribution in [0.4, 0.5) is 0 Å². The lowest BCUT2D eigenvalue weighted by atomic mass is 9.82. The number of rotatable bonds is 5. The zero-order valence-electron chi connectivity index (χ0n) is 16.5. The van der Waals surface area contributed by atoms with Crippen molar-refractivity contribution in [1.82, 2.24) is 0 Å². The number of aliphatic hydroxyl groups excluding tert-OH is 1. The van der Waals surface area contributed by atoms with Crippen LogP contribution in [0.5, 0.6) is 0 Å². The third-order valence-corrected chi connectivity index (χ3v) is 5.61. The van der Waals surface area contributed by atoms with E-state index in [2.05, 4.69) is 11.0 Å². The van der Waals surface area contributed by atoms with Gasteiger partial charge in [0.15, 0.2) is 5.78 Å². The molecule has 2 aliphatic heterocycles. The molecule has 1 fully saturated rings. The van der Waals surface area contributed by atoms with Gasteiger partial charge < -0.3 is 14.6 Å². The first-order chi connectivity index (χ1) is 12.6. The van der Waals surface area contributed by atoms with E-state index in [1.807, 2.05) is 26.0 Å². The minimum absolute atomic E-state index is 0.0648. The molecule has 3 rings (SSSR count). The molecule has 150 valence electrons. The van der Waals surface area contributed by atoms with E-state index in [0.717, 1.165) is 12.0 Å². The van der Waals surface area contributed by atoms with Gasteiger partial charge in [0, 0.05) is 24.8 Å². The molecular formula is C21H30O6. The van der Waals surface area contributed by atoms with Crippen LogP contribution in [-0.2, 0) is 19.2 Å². The number of hydrogen-bond acceptors (Lipinski definition) is 6. The van der Waals surface area contributed by atoms with Gasteiger partial charge in [-0.3, -0.25) is 10.1 Å². The van der Waals surface area contributed by atoms with E-state index in [-0.39, 0.29) is 18.0 Å². The zero-order chi connectivity index (χ0) is 19.8. The molecular weight excluding hydrogens is 348 g/mol. The van der Waals surface area contributed by atoms with E-state index >= 15 is 0 Å². The van der Waals surface area contributed by atoms with Gasteiger partial charge in [-0.1, -0.05) is 23.8 Å². The summed E-state index contributed by atoms with van der Waals surface area (Å²) < 4.78 is 12.3. The molecule has 1 aliphatic carbocycles. The maximum atomic E-state index is 12.2. The van der Waals surface area contributed by atoms with Gasteiger partial charge in [-0.05, 0) is 40.5 Å². The third-order valence-electron chi connectivity index (χ3n) is 5.61. The molecule has 0 bridgehead atoms. The summed E-state index contributed by atoms with van der Waals surface area (Å²) in [4.78, 5) is 16.6. The number of carbonyl (C=O) groups excluding carboxylic acids is 1. The van der Waals surface area contributed by atoms with Crippen molar-refractivity contribution >= 4 is 5.78 Å². The van der Waals surface area contributed by atoms with Crippen LogP contribution in [0.25, 0.3) is 0 Å². The van der Waals surface area contributed by atoms with Gasteiger partial charge in [-0.2, -0.15) is 0 Å². The second-order valence-electron chi connectivity index (χ2n) is 8.62. The van der Waals surface area contributed by atoms with Crippen molar-refractivity contribution in [3.8, 4) is 0 Å². The van der Waals surface area contributed by atoms with Gasteiger partial charge in [0.25, 0.3) is 0 Å². The normalized spacial score (nSPS) is 34.7. The number of allylic oxidation sites excluding steroid dienone is 2. The highest BCUT2D eigenvalue weighted by Gasteiger charge is 2.52. The number of ketones is 1. The fourth-order valence-corrected chi connectivity index (χ4v) is 4.02. The third kappa shape index (κ3) is 4.35. The SMILES string of the molecule is CC(=CC1CC2(C)OC3=C(CC2O1)C(=O)CCC3O)CC=CC(C)(C)OO. The average molecular weight is 378 g/mol. The Balaban J connectivity index is 1.66. The monoisotopic (exact) mass is 378 g/mol. The molecule has 0 amide bonds. The number of Topliss-reactive ketones (excluding diaryl/α,β-unsaturated/α-hetero) is 1. The Morgan fingerprint density at radius 2 is 2.19 bits per heavy atom. The highest BCUT2D eigenvalue weighted by molar-refractivity contribution is 5.97. The quantitative estimate of drug-likeness (QED) is 0.433. The highest BCUT2D eigenvalue weighted by Crippen LogP contribution is 2.46. The van der Waals surface area contributed by atoms with Gasteiger partial charge >= 0.3 is 0 Å². The Kier molecular flexibility index (Phi) is 5.64. The van der Waals surface area contributed by atoms with E-state index in [1.165, 1.54) is 0 Å². The molecule has 0 aromatic carbocycles. The standard InChI is InChI=1S/C21H30O6/c1-13(6-5-9-20(2,3)27-24)10-14-12-21(4)18(25-14)11-15-16(22)7-8-17(23)19(15)26-21/h5,9-10,14,17-18,23-24H,6-8,11-12H2,1-4H3. The summed E-state index contributed by atoms with van der Waals surface area (Å²) in [6.07, 6.45) is 7.61. The molecule has 1 saturated heterocycles. The average Bonchev–Trinajstić information content (AvgIpc) is 2.91. The Morgan fingerprint density at radius 3 is 2.89 bits per heavy atom. The largest absolute Gasteiger partial charge is 0.486 e. The van der Waals surface area contributed by atoms with E-state index in [1.54, 1.807) is 13.8 Å². The summed E-state index contributed by atoms with van der Waals surface area (Å²) in [6.45, 7) is 7.58. The highest BCUT2D eigenvalue weighted by atomic mass is 17.1. The number of hydrogen-bond donors (Lipinski definition) is 2. The molecule has 6 nitrogen and oxygen atoms in total. The lowest BCUT2D eigenvalue weighted by Crippen LogP contribution is -2.45. The Morgan fingerprint density at radius 1 is 1.44 bits per heavy atom. The van der Waals surface area contributed by atoms with Crippen molar-refractivity contribution in [3.63, 3.8) is 0 Å². The molecule has 0 radical (unpaired) electrons. The minimum Gasteiger partial charge on any atom is -0.486 e. The van der Waals surface area contributed by atoms with Gasteiger partial charge in [-0.25, -0.2) is 4.89 Å². The summed E-state index contributed by atoms with van der Waals surface area (Å²) in [5.41, 5.74) is 0.507. The second-order valence-corrected chi connectivity index (χ2v) is 8.62. The Bertz CT molecular complexity index is 689. The molecule has 0 aromatic heterocycles. The van der Waals surface area contributed by atoms with Crippen LogP contribution in [0.1, 0.15) is 59.8 Å². The maximum Gasteiger partial charge on any atom is 0.162 e. The second kappa shape index (κ2) is 7.51. The van der Waals surface area contributed by atoms with Crippen LogP contribution in [0.3, 0.4) is 0 Å². The molecule has 27 heavy (non-hydrogen) atoms. The summed E-state index contributed by atoms with van der Waals surface area (Å²) >= 11 is 0. The Labute approximate surface area is 160 Å². The summed E-state index contributed by atoms with van der Waals surface area (Å²) in [6, 6.07) is 0. The predicted octanol–water partition coefficient (Wildman–Crippen LogP) is 3.46. The van der Waals surface area contributed by atoms with Gasteiger partial charge in [0.05, 0.1) is 6.10 Å². The van der Waals surface area contributed by atoms with Gasteiger partial charge in [0.2, 0.25) is 0 Å². The lowest BCUT2D eigenvalue weighted by molar-refractivity contribution is -0.297. The molecule has 3 aliphatic rings. The summed E-state index contributed by atoms with van der Waals surface area (Å²) in [7, 11) is 0. The summed E-state index contributed by atoms with van der Waals surface area (Å²) in [5, 5.41) is 19.0. The molecule has 4 unspecified atom stereocenters. The van der Waals surface area contributed by atoms with E-state index in [0.29, 0.717) is 37.0 Å². The van der Waals surface area contributed by atoms with Crippen molar-refractivity contribution < 1.29 is 29.5 Å². The predicted molar refractivity (Wildman–Crippen MR) is 100.0 cm³/mol. The van der Waals surface area contributed by atoms with Crippen LogP contribution in [-0.4, -0.2) is 45.7 Å². The number of carbonyl (C=O) groups is 1. The summed E-state index contributed by atoms with van der Waals surface area (Å²) in [5.74, 6) is 0.527. The maximum absolute atomic E-state index is 12.2. The van der Waals surface area contributed by atoms with Crippen molar-refractivity contribution in [2.24, 2.45) is 0 Å². The molecule has 0 spiro atoms. The van der Waals surface area contributed by atoms with Crippen LogP contribution >= 0.6 is 0 Å². The smallest absolute Gasteiger partial charge is 0.162 e. The van der Waals surface area contributed by atoms with Crippen molar-refractivity contribution in [2.45, 2.75) is 89.3 Å². The van der Waals surface area contributed by atoms with Gasteiger partial charge in [-0.15, -0.1) is 0 Å². The van der Waals surface area contributed by atoms with Gasteiger partial charge in [0.1, 0.15) is 29.2 Å². The van der Waals surface area contributed by atoms with E-state index in [9.17, 15) is 9.90 Å². The fourth-order valence-electron chi connectivity index (χ4n) is 4.02. The minimum atomic E-state index is -0.710. The number of ether oxygens (including phenoxy) is 2. The number of fused-ring (bicyclic) bond motifs is 1. The molecule has 0 saturated carbocycles. The zero-order valence-corrected chi connectivity index (χ0v) is 16.5. The first kappa shape index (κ1) is 20.3. The topological polar surface area (TPSA) is 85.2 Å².